The predicted molar refractivity (Wildman–Crippen MR) is 225 cm³/mol. The lowest BCUT2D eigenvalue weighted by Crippen LogP contribution is -2.58. The molecule has 9 nitrogen and oxygen atoms in total. The molecule has 7 atom stereocenters. The summed E-state index contributed by atoms with van der Waals surface area (Å²) in [7, 11) is 0. The van der Waals surface area contributed by atoms with Gasteiger partial charge in [-0.1, -0.05) is 115 Å². The van der Waals surface area contributed by atoms with E-state index < -0.39 is 36.5 Å². The van der Waals surface area contributed by atoms with E-state index >= 15 is 0 Å². The Morgan fingerprint density at radius 3 is 1.81 bits per heavy atom. The summed E-state index contributed by atoms with van der Waals surface area (Å²) in [6.07, 6.45) is -2.28. The third-order valence-electron chi connectivity index (χ3n) is 10.8. The molecule has 1 saturated carbocycles. The fourth-order valence-corrected chi connectivity index (χ4v) is 7.72. The van der Waals surface area contributed by atoms with Gasteiger partial charge in [0.1, 0.15) is 48.6 Å². The van der Waals surface area contributed by atoms with Crippen LogP contribution in [-0.4, -0.2) is 61.9 Å². The monoisotopic (exact) mass is 820 g/mol. The number of halogens is 1. The molecule has 1 heterocycles. The summed E-state index contributed by atoms with van der Waals surface area (Å²) in [6.45, 7) is 5.16. The number of hydrogen-bond donors (Lipinski definition) is 1. The standard InChI is InChI=1S/C49H53ClO9/c1-3-53-41-21-19-34(20-22-41)23-38-25-42(44(26-43(38)50)55-31-40-24-39(40)27-51)46-48(57-29-36-15-9-5-10-16-36)49(58-30-37-17-11-6-12-18-37)47(45(59-46)32-54-33(2)52)56-28-35-13-7-4-8-14-35/h4-22,25-26,39-40,45-49,51H,3,23-24,27-32H2,1-2H3/t39?,40?,45-,46+,47-,48+,49+/m1/s1. The first-order valence-electron chi connectivity index (χ1n) is 20.4. The molecule has 5 aromatic rings. The summed E-state index contributed by atoms with van der Waals surface area (Å²) in [6, 6.07) is 41.7. The van der Waals surface area contributed by atoms with Gasteiger partial charge in [0.2, 0.25) is 0 Å². The van der Waals surface area contributed by atoms with Gasteiger partial charge < -0.3 is 38.3 Å². The van der Waals surface area contributed by atoms with Crippen molar-refractivity contribution in [2.24, 2.45) is 11.8 Å². The summed E-state index contributed by atoms with van der Waals surface area (Å²) in [5.41, 5.74) is 5.56. The van der Waals surface area contributed by atoms with E-state index in [0.29, 0.717) is 30.4 Å². The molecule has 0 amide bonds. The van der Waals surface area contributed by atoms with E-state index in [9.17, 15) is 9.90 Å². The molecule has 0 bridgehead atoms. The molecule has 1 aliphatic carbocycles. The molecule has 1 saturated heterocycles. The van der Waals surface area contributed by atoms with Gasteiger partial charge in [-0.05, 0) is 83.7 Å². The number of aliphatic hydroxyl groups is 1. The average molecular weight is 821 g/mol. The van der Waals surface area contributed by atoms with Crippen LogP contribution in [0.15, 0.2) is 127 Å². The van der Waals surface area contributed by atoms with Gasteiger partial charge in [0.15, 0.2) is 0 Å². The lowest BCUT2D eigenvalue weighted by molar-refractivity contribution is -0.273. The zero-order valence-electron chi connectivity index (χ0n) is 33.6. The van der Waals surface area contributed by atoms with Gasteiger partial charge in [-0.25, -0.2) is 0 Å². The number of ether oxygens (including phenoxy) is 7. The fraction of sp³-hybridized carbons (Fsp3) is 0.367. The van der Waals surface area contributed by atoms with Gasteiger partial charge in [-0.15, -0.1) is 0 Å². The van der Waals surface area contributed by atoms with Crippen molar-refractivity contribution in [3.63, 3.8) is 0 Å². The first kappa shape index (κ1) is 42.4. The van der Waals surface area contributed by atoms with Crippen molar-refractivity contribution in [3.8, 4) is 11.5 Å². The van der Waals surface area contributed by atoms with Crippen LogP contribution in [-0.2, 0) is 54.7 Å². The Hall–Kier alpha value is -4.74. The Bertz CT molecular complexity index is 2050. The number of esters is 1. The molecule has 0 radical (unpaired) electrons. The first-order valence-corrected chi connectivity index (χ1v) is 20.8. The van der Waals surface area contributed by atoms with Crippen molar-refractivity contribution in [3.05, 3.63) is 166 Å². The SMILES string of the molecule is CCOc1ccc(Cc2cc([C@@H]3O[C@H](COC(C)=O)[C@@H](OCc4ccccc4)[C@H](OCc4ccccc4)[C@H]3OCc3ccccc3)c(OCC3CC3CO)cc2Cl)cc1. The summed E-state index contributed by atoms with van der Waals surface area (Å²) >= 11 is 7.10. The molecule has 0 aromatic heterocycles. The predicted octanol–water partition coefficient (Wildman–Crippen LogP) is 9.10. The number of aliphatic hydroxyl groups excluding tert-OH is 1. The van der Waals surface area contributed by atoms with Crippen molar-refractivity contribution in [2.75, 3.05) is 26.4 Å². The summed E-state index contributed by atoms with van der Waals surface area (Å²) in [5, 5.41) is 10.4. The molecule has 310 valence electrons. The van der Waals surface area contributed by atoms with Crippen LogP contribution in [0.5, 0.6) is 11.5 Å². The topological polar surface area (TPSA) is 102 Å². The molecule has 7 rings (SSSR count). The van der Waals surface area contributed by atoms with E-state index in [1.807, 2.05) is 134 Å². The van der Waals surface area contributed by atoms with Gasteiger partial charge in [0, 0.05) is 24.1 Å². The second kappa shape index (κ2) is 21.0. The summed E-state index contributed by atoms with van der Waals surface area (Å²) in [5.74, 6) is 1.33. The van der Waals surface area contributed by atoms with Gasteiger partial charge in [-0.3, -0.25) is 4.79 Å². The number of carbonyl (C=O) groups excluding carboxylic acids is 1. The van der Waals surface area contributed by atoms with Crippen LogP contribution in [0.25, 0.3) is 0 Å². The maximum atomic E-state index is 12.4. The molecular weight excluding hydrogens is 768 g/mol. The smallest absolute Gasteiger partial charge is 0.302 e. The molecule has 2 fully saturated rings. The maximum Gasteiger partial charge on any atom is 0.302 e. The summed E-state index contributed by atoms with van der Waals surface area (Å²) in [4.78, 5) is 12.4. The van der Waals surface area contributed by atoms with Crippen molar-refractivity contribution in [1.82, 2.24) is 0 Å². The number of rotatable bonds is 20. The van der Waals surface area contributed by atoms with E-state index in [-0.39, 0.29) is 44.9 Å². The van der Waals surface area contributed by atoms with Crippen LogP contribution in [0.2, 0.25) is 5.02 Å². The van der Waals surface area contributed by atoms with Crippen LogP contribution in [0.4, 0.5) is 0 Å². The molecular formula is C49H53ClO9. The molecule has 2 unspecified atom stereocenters. The number of carbonyl (C=O) groups is 1. The average Bonchev–Trinajstić information content (AvgIpc) is 4.04. The molecule has 5 aromatic carbocycles. The van der Waals surface area contributed by atoms with Crippen molar-refractivity contribution in [2.45, 2.75) is 77.0 Å². The fourth-order valence-electron chi connectivity index (χ4n) is 7.50. The minimum atomic E-state index is -0.782. The molecule has 1 N–H and O–H groups in total. The van der Waals surface area contributed by atoms with Gasteiger partial charge in [0.05, 0.1) is 33.0 Å². The normalized spacial score (nSPS) is 22.4. The van der Waals surface area contributed by atoms with Crippen LogP contribution >= 0.6 is 11.6 Å². The van der Waals surface area contributed by atoms with Crippen LogP contribution < -0.4 is 9.47 Å². The zero-order chi connectivity index (χ0) is 41.0. The second-order valence-corrected chi connectivity index (χ2v) is 15.6. The summed E-state index contributed by atoms with van der Waals surface area (Å²) < 4.78 is 45.8. The molecule has 0 spiro atoms. The Morgan fingerprint density at radius 2 is 1.27 bits per heavy atom. The van der Waals surface area contributed by atoms with E-state index in [1.165, 1.54) is 6.92 Å². The van der Waals surface area contributed by atoms with Gasteiger partial charge >= 0.3 is 5.97 Å². The highest BCUT2D eigenvalue weighted by molar-refractivity contribution is 6.31. The minimum Gasteiger partial charge on any atom is -0.494 e. The van der Waals surface area contributed by atoms with E-state index in [0.717, 1.165) is 45.6 Å². The highest BCUT2D eigenvalue weighted by atomic mass is 35.5. The molecule has 1 aliphatic heterocycles. The van der Waals surface area contributed by atoms with Crippen LogP contribution in [0.3, 0.4) is 0 Å². The first-order chi connectivity index (χ1) is 28.9. The van der Waals surface area contributed by atoms with Crippen molar-refractivity contribution < 1.29 is 43.1 Å². The number of benzene rings is 5. The Balaban J connectivity index is 1.31. The third-order valence-corrected chi connectivity index (χ3v) is 11.2. The quantitative estimate of drug-likeness (QED) is 0.0771. The van der Waals surface area contributed by atoms with E-state index in [2.05, 4.69) is 0 Å². The number of hydrogen-bond acceptors (Lipinski definition) is 9. The maximum absolute atomic E-state index is 12.4. The van der Waals surface area contributed by atoms with Crippen molar-refractivity contribution >= 4 is 17.6 Å². The van der Waals surface area contributed by atoms with Crippen LogP contribution in [0.1, 0.15) is 59.8 Å². The second-order valence-electron chi connectivity index (χ2n) is 15.2. The van der Waals surface area contributed by atoms with Crippen LogP contribution in [0, 0.1) is 11.8 Å². The van der Waals surface area contributed by atoms with Gasteiger partial charge in [-0.2, -0.15) is 0 Å². The molecule has 10 heteroatoms. The zero-order valence-corrected chi connectivity index (χ0v) is 34.4. The van der Waals surface area contributed by atoms with E-state index in [4.69, 9.17) is 44.8 Å². The van der Waals surface area contributed by atoms with E-state index in [1.54, 1.807) is 0 Å². The lowest BCUT2D eigenvalue weighted by atomic mass is 9.88. The highest BCUT2D eigenvalue weighted by Gasteiger charge is 2.50. The van der Waals surface area contributed by atoms with Crippen molar-refractivity contribution in [1.29, 1.82) is 0 Å². The largest absolute Gasteiger partial charge is 0.494 e. The third kappa shape index (κ3) is 11.7. The molecule has 59 heavy (non-hydrogen) atoms. The minimum absolute atomic E-state index is 0.0784. The highest BCUT2D eigenvalue weighted by Crippen LogP contribution is 2.45. The Morgan fingerprint density at radius 1 is 0.695 bits per heavy atom. The lowest BCUT2D eigenvalue weighted by Gasteiger charge is -2.46. The Kier molecular flexibility index (Phi) is 15.1. The molecule has 2 aliphatic rings. The van der Waals surface area contributed by atoms with Gasteiger partial charge in [0.25, 0.3) is 0 Å². The Labute approximate surface area is 352 Å².